The Bertz CT molecular complexity index is 114. The Hall–Kier alpha value is -0.0400. The van der Waals surface area contributed by atoms with E-state index >= 15 is 0 Å². The fourth-order valence-electron chi connectivity index (χ4n) is 2.41. The molecule has 0 aromatic heterocycles. The third kappa shape index (κ3) is 5.64. The summed E-state index contributed by atoms with van der Waals surface area (Å²) in [4.78, 5) is 0. The molecule has 1 saturated carbocycles. The molecule has 0 atom stereocenters. The van der Waals surface area contributed by atoms with E-state index in [1.54, 1.807) is 0 Å². The largest absolute Gasteiger partial charge is 0.242 e. The van der Waals surface area contributed by atoms with Crippen LogP contribution in [0, 0.1) is 5.92 Å². The average Bonchev–Trinajstić information content (AvgIpc) is 2.46. The zero-order chi connectivity index (χ0) is 10.1. The Labute approximate surface area is 89.7 Å². The van der Waals surface area contributed by atoms with Crippen molar-refractivity contribution in [3.8, 4) is 0 Å². The zero-order valence-electron chi connectivity index (χ0n) is 9.80. The van der Waals surface area contributed by atoms with Gasteiger partial charge in [-0.3, -0.25) is 0 Å². The number of hydrogen-bond donors (Lipinski definition) is 0. The third-order valence-corrected chi connectivity index (χ3v) is 3.29. The van der Waals surface area contributed by atoms with Crippen molar-refractivity contribution in [3.05, 3.63) is 0 Å². The molecule has 0 aromatic carbocycles. The molecule has 1 nitrogen and oxygen atoms in total. The van der Waals surface area contributed by atoms with Crippen LogP contribution in [0.1, 0.15) is 64.7 Å². The highest BCUT2D eigenvalue weighted by atomic mass is 14.8. The summed E-state index contributed by atoms with van der Waals surface area (Å²) in [6.07, 6.45) is 12.9. The monoisotopic (exact) mass is 196 g/mol. The Kier molecular flexibility index (Phi) is 7.12. The molecule has 0 heterocycles. The molecule has 1 fully saturated rings. The van der Waals surface area contributed by atoms with E-state index in [4.69, 9.17) is 0 Å². The molecular formula is C13H26N. The first-order valence-corrected chi connectivity index (χ1v) is 6.56. The molecule has 1 rings (SSSR count). The van der Waals surface area contributed by atoms with Gasteiger partial charge in [-0.15, -0.1) is 0 Å². The van der Waals surface area contributed by atoms with Gasteiger partial charge in [-0.1, -0.05) is 45.4 Å². The van der Waals surface area contributed by atoms with Gasteiger partial charge in [0.05, 0.1) is 0 Å². The zero-order valence-corrected chi connectivity index (χ0v) is 9.80. The standard InChI is InChI=1S/C13H26N/c1-2-11-14-12-7-10-13-8-5-3-4-6-9-13/h13H,2-12H2,1H3. The maximum atomic E-state index is 4.50. The number of nitrogens with zero attached hydrogens (tertiary/aromatic N) is 1. The van der Waals surface area contributed by atoms with Gasteiger partial charge in [-0.25, -0.2) is 5.32 Å². The fraction of sp³-hybridized carbons (Fsp3) is 1.00. The van der Waals surface area contributed by atoms with E-state index in [9.17, 15) is 0 Å². The highest BCUT2D eigenvalue weighted by molar-refractivity contribution is 4.65. The minimum atomic E-state index is 1.04. The molecule has 1 aliphatic carbocycles. The molecule has 0 bridgehead atoms. The molecule has 83 valence electrons. The summed E-state index contributed by atoms with van der Waals surface area (Å²) in [5.74, 6) is 1.04. The fourth-order valence-corrected chi connectivity index (χ4v) is 2.41. The minimum Gasteiger partial charge on any atom is -0.242 e. The maximum Gasteiger partial charge on any atom is 0.0133 e. The van der Waals surface area contributed by atoms with Crippen LogP contribution in [0.25, 0.3) is 0 Å². The van der Waals surface area contributed by atoms with E-state index in [2.05, 4.69) is 12.2 Å². The molecular weight excluding hydrogens is 170 g/mol. The van der Waals surface area contributed by atoms with Gasteiger partial charge in [0.1, 0.15) is 0 Å². The van der Waals surface area contributed by atoms with E-state index in [0.29, 0.717) is 0 Å². The van der Waals surface area contributed by atoms with Crippen molar-refractivity contribution < 1.29 is 0 Å². The molecule has 0 spiro atoms. The lowest BCUT2D eigenvalue weighted by Gasteiger charge is -2.12. The topological polar surface area (TPSA) is 14.1 Å². The molecule has 0 aliphatic heterocycles. The molecule has 1 radical (unpaired) electrons. The van der Waals surface area contributed by atoms with E-state index in [0.717, 1.165) is 19.0 Å². The van der Waals surface area contributed by atoms with Crippen LogP contribution in [-0.4, -0.2) is 13.1 Å². The van der Waals surface area contributed by atoms with Crippen molar-refractivity contribution in [1.82, 2.24) is 5.32 Å². The predicted octanol–water partition coefficient (Wildman–Crippen LogP) is 3.75. The van der Waals surface area contributed by atoms with Crippen molar-refractivity contribution in [1.29, 1.82) is 0 Å². The summed E-state index contributed by atoms with van der Waals surface area (Å²) < 4.78 is 0. The van der Waals surface area contributed by atoms with Gasteiger partial charge in [0, 0.05) is 13.1 Å². The van der Waals surface area contributed by atoms with Crippen LogP contribution < -0.4 is 5.32 Å². The lowest BCUT2D eigenvalue weighted by Crippen LogP contribution is -2.09. The molecule has 0 unspecified atom stereocenters. The molecule has 0 saturated heterocycles. The lowest BCUT2D eigenvalue weighted by molar-refractivity contribution is 0.409. The second-order valence-corrected chi connectivity index (χ2v) is 4.67. The molecule has 1 heteroatoms. The van der Waals surface area contributed by atoms with Crippen molar-refractivity contribution in [2.24, 2.45) is 5.92 Å². The van der Waals surface area contributed by atoms with Gasteiger partial charge >= 0.3 is 0 Å². The minimum absolute atomic E-state index is 1.04. The van der Waals surface area contributed by atoms with Crippen molar-refractivity contribution in [3.63, 3.8) is 0 Å². The second kappa shape index (κ2) is 8.28. The summed E-state index contributed by atoms with van der Waals surface area (Å²) >= 11 is 0. The lowest BCUT2D eigenvalue weighted by atomic mass is 9.95. The van der Waals surface area contributed by atoms with Gasteiger partial charge < -0.3 is 0 Å². The van der Waals surface area contributed by atoms with E-state index in [-0.39, 0.29) is 0 Å². The highest BCUT2D eigenvalue weighted by Gasteiger charge is 2.11. The predicted molar refractivity (Wildman–Crippen MR) is 62.6 cm³/mol. The molecule has 0 N–H and O–H groups in total. The quantitative estimate of drug-likeness (QED) is 0.454. The highest BCUT2D eigenvalue weighted by Crippen LogP contribution is 2.26. The molecule has 0 aromatic rings. The maximum absolute atomic E-state index is 4.50. The van der Waals surface area contributed by atoms with E-state index in [1.165, 1.54) is 57.8 Å². The van der Waals surface area contributed by atoms with Crippen molar-refractivity contribution in [2.75, 3.05) is 13.1 Å². The van der Waals surface area contributed by atoms with Crippen LogP contribution in [0.15, 0.2) is 0 Å². The Morgan fingerprint density at radius 3 is 2.36 bits per heavy atom. The second-order valence-electron chi connectivity index (χ2n) is 4.67. The van der Waals surface area contributed by atoms with Crippen LogP contribution in [0.2, 0.25) is 0 Å². The van der Waals surface area contributed by atoms with Crippen molar-refractivity contribution >= 4 is 0 Å². The summed E-state index contributed by atoms with van der Waals surface area (Å²) in [5.41, 5.74) is 0. The number of rotatable bonds is 6. The van der Waals surface area contributed by atoms with Gasteiger partial charge in [0.2, 0.25) is 0 Å². The Balaban J connectivity index is 1.93. The SMILES string of the molecule is CCC[N]CCCC1CCCCCC1. The average molecular weight is 196 g/mol. The van der Waals surface area contributed by atoms with Gasteiger partial charge in [0.15, 0.2) is 0 Å². The normalized spacial score (nSPS) is 19.5. The number of hydrogen-bond acceptors (Lipinski definition) is 0. The van der Waals surface area contributed by atoms with E-state index < -0.39 is 0 Å². The molecule has 14 heavy (non-hydrogen) atoms. The first-order chi connectivity index (χ1) is 6.93. The van der Waals surface area contributed by atoms with Gasteiger partial charge in [0.25, 0.3) is 0 Å². The van der Waals surface area contributed by atoms with Crippen LogP contribution in [-0.2, 0) is 0 Å². The molecule has 1 aliphatic rings. The third-order valence-electron chi connectivity index (χ3n) is 3.29. The van der Waals surface area contributed by atoms with Crippen molar-refractivity contribution in [2.45, 2.75) is 64.7 Å². The van der Waals surface area contributed by atoms with Gasteiger partial charge in [-0.2, -0.15) is 0 Å². The van der Waals surface area contributed by atoms with Gasteiger partial charge in [-0.05, 0) is 25.2 Å². The summed E-state index contributed by atoms with van der Waals surface area (Å²) in [6.45, 7) is 4.39. The first kappa shape index (κ1) is 12.0. The molecule has 0 amide bonds. The summed E-state index contributed by atoms with van der Waals surface area (Å²) in [6, 6.07) is 0. The summed E-state index contributed by atoms with van der Waals surface area (Å²) in [7, 11) is 0. The summed E-state index contributed by atoms with van der Waals surface area (Å²) in [5, 5.41) is 4.50. The first-order valence-electron chi connectivity index (χ1n) is 6.56. The van der Waals surface area contributed by atoms with Crippen LogP contribution in [0.4, 0.5) is 0 Å². The Morgan fingerprint density at radius 1 is 1.00 bits per heavy atom. The smallest absolute Gasteiger partial charge is 0.0133 e. The Morgan fingerprint density at radius 2 is 1.71 bits per heavy atom. The van der Waals surface area contributed by atoms with E-state index in [1.807, 2.05) is 0 Å². The van der Waals surface area contributed by atoms with Crippen LogP contribution >= 0.6 is 0 Å². The van der Waals surface area contributed by atoms with Crippen LogP contribution in [0.5, 0.6) is 0 Å². The van der Waals surface area contributed by atoms with Crippen LogP contribution in [0.3, 0.4) is 0 Å².